The second kappa shape index (κ2) is 5.48. The summed E-state index contributed by atoms with van der Waals surface area (Å²) in [6, 6.07) is 6.63. The van der Waals surface area contributed by atoms with E-state index in [4.69, 9.17) is 0 Å². The molecule has 22 heavy (non-hydrogen) atoms. The minimum absolute atomic E-state index is 0.0297. The molecule has 2 aromatic rings. The molecule has 1 aromatic heterocycles. The second-order valence-corrected chi connectivity index (χ2v) is 7.51. The molecule has 2 heterocycles. The average molecular weight is 321 g/mol. The Bertz CT molecular complexity index is 788. The molecule has 0 saturated carbocycles. The summed E-state index contributed by atoms with van der Waals surface area (Å²) < 4.78 is 24.6. The van der Waals surface area contributed by atoms with E-state index in [2.05, 4.69) is 15.5 Å². The quantitative estimate of drug-likeness (QED) is 0.784. The van der Waals surface area contributed by atoms with Crippen LogP contribution in [0.1, 0.15) is 16.8 Å². The van der Waals surface area contributed by atoms with Gasteiger partial charge in [0.1, 0.15) is 6.33 Å². The molecule has 1 saturated heterocycles. The maximum atomic E-state index is 12.5. The van der Waals surface area contributed by atoms with E-state index in [-0.39, 0.29) is 23.5 Å². The van der Waals surface area contributed by atoms with E-state index in [0.29, 0.717) is 17.7 Å². The summed E-state index contributed by atoms with van der Waals surface area (Å²) >= 11 is 0. The van der Waals surface area contributed by atoms with Crippen molar-refractivity contribution in [3.63, 3.8) is 0 Å². The molecular weight excluding hydrogens is 306 g/mol. The van der Waals surface area contributed by atoms with Gasteiger partial charge in [0.25, 0.3) is 5.91 Å². The SMILES string of the molecule is CN(C(=O)c1cccc(-n2cnnn2)c1)[C@H]1CCS(=O)(=O)C1. The van der Waals surface area contributed by atoms with Gasteiger partial charge in [0.05, 0.1) is 17.2 Å². The second-order valence-electron chi connectivity index (χ2n) is 5.28. The number of rotatable bonds is 3. The van der Waals surface area contributed by atoms with Crippen LogP contribution in [0.5, 0.6) is 0 Å². The molecule has 1 aliphatic heterocycles. The van der Waals surface area contributed by atoms with Gasteiger partial charge in [-0.15, -0.1) is 5.10 Å². The van der Waals surface area contributed by atoms with Crippen molar-refractivity contribution in [2.45, 2.75) is 12.5 Å². The summed E-state index contributed by atoms with van der Waals surface area (Å²) in [5.74, 6) is -0.0426. The Kier molecular flexibility index (Phi) is 3.65. The molecule has 9 heteroatoms. The van der Waals surface area contributed by atoms with E-state index in [9.17, 15) is 13.2 Å². The van der Waals surface area contributed by atoms with Crippen molar-refractivity contribution in [1.82, 2.24) is 25.1 Å². The van der Waals surface area contributed by atoms with E-state index in [1.54, 1.807) is 31.3 Å². The topological polar surface area (TPSA) is 98.1 Å². The Morgan fingerprint density at radius 3 is 2.86 bits per heavy atom. The Morgan fingerprint density at radius 2 is 2.23 bits per heavy atom. The van der Waals surface area contributed by atoms with Crippen LogP contribution in [-0.4, -0.2) is 64.0 Å². The molecule has 0 aliphatic carbocycles. The molecule has 0 radical (unpaired) electrons. The van der Waals surface area contributed by atoms with Crippen LogP contribution >= 0.6 is 0 Å². The van der Waals surface area contributed by atoms with Crippen LogP contribution in [0.3, 0.4) is 0 Å². The van der Waals surface area contributed by atoms with Crippen LogP contribution < -0.4 is 0 Å². The minimum Gasteiger partial charge on any atom is -0.338 e. The molecule has 1 aliphatic rings. The summed E-state index contributed by atoms with van der Waals surface area (Å²) in [6.07, 6.45) is 1.92. The maximum absolute atomic E-state index is 12.5. The van der Waals surface area contributed by atoms with E-state index in [1.807, 2.05) is 0 Å². The number of carbonyl (C=O) groups excluding carboxylic acids is 1. The Labute approximate surface area is 127 Å². The molecule has 1 amide bonds. The number of nitrogens with zero attached hydrogens (tertiary/aromatic N) is 5. The van der Waals surface area contributed by atoms with Crippen molar-refractivity contribution in [3.05, 3.63) is 36.2 Å². The highest BCUT2D eigenvalue weighted by molar-refractivity contribution is 7.91. The highest BCUT2D eigenvalue weighted by Crippen LogP contribution is 2.19. The van der Waals surface area contributed by atoms with Crippen LogP contribution in [0.4, 0.5) is 0 Å². The maximum Gasteiger partial charge on any atom is 0.253 e. The summed E-state index contributed by atoms with van der Waals surface area (Å²) in [5, 5.41) is 10.9. The number of tetrazole rings is 1. The van der Waals surface area contributed by atoms with Gasteiger partial charge in [-0.25, -0.2) is 13.1 Å². The van der Waals surface area contributed by atoms with Gasteiger partial charge in [0.15, 0.2) is 9.84 Å². The van der Waals surface area contributed by atoms with Crippen molar-refractivity contribution in [2.24, 2.45) is 0 Å². The molecule has 0 unspecified atom stereocenters. The third-order valence-corrected chi connectivity index (χ3v) is 5.53. The first-order valence-corrected chi connectivity index (χ1v) is 8.59. The first-order chi connectivity index (χ1) is 10.5. The molecule has 1 fully saturated rings. The molecular formula is C13H15N5O3S. The Balaban J connectivity index is 1.82. The van der Waals surface area contributed by atoms with Crippen molar-refractivity contribution in [1.29, 1.82) is 0 Å². The third kappa shape index (κ3) is 2.84. The Morgan fingerprint density at radius 1 is 1.41 bits per heavy atom. The smallest absolute Gasteiger partial charge is 0.253 e. The fraction of sp³-hybridized carbons (Fsp3) is 0.385. The van der Waals surface area contributed by atoms with Crippen LogP contribution in [0.2, 0.25) is 0 Å². The zero-order valence-electron chi connectivity index (χ0n) is 12.0. The predicted molar refractivity (Wildman–Crippen MR) is 78.3 cm³/mol. The van der Waals surface area contributed by atoms with Crippen LogP contribution in [-0.2, 0) is 9.84 Å². The van der Waals surface area contributed by atoms with Crippen LogP contribution in [0.25, 0.3) is 5.69 Å². The highest BCUT2D eigenvalue weighted by Gasteiger charge is 2.33. The van der Waals surface area contributed by atoms with Gasteiger partial charge in [-0.3, -0.25) is 4.79 Å². The molecule has 3 rings (SSSR count). The summed E-state index contributed by atoms with van der Waals surface area (Å²) in [5.41, 5.74) is 1.14. The van der Waals surface area contributed by atoms with Gasteiger partial charge in [-0.05, 0) is 35.0 Å². The first-order valence-electron chi connectivity index (χ1n) is 6.77. The number of carbonyl (C=O) groups is 1. The number of aromatic nitrogens is 4. The summed E-state index contributed by atoms with van der Waals surface area (Å²) in [7, 11) is -1.39. The summed E-state index contributed by atoms with van der Waals surface area (Å²) in [6.45, 7) is 0. The van der Waals surface area contributed by atoms with Crippen LogP contribution in [0.15, 0.2) is 30.6 Å². The van der Waals surface area contributed by atoms with E-state index < -0.39 is 9.84 Å². The molecule has 116 valence electrons. The molecule has 0 bridgehead atoms. The molecule has 0 N–H and O–H groups in total. The van der Waals surface area contributed by atoms with Gasteiger partial charge in [0.2, 0.25) is 0 Å². The third-order valence-electron chi connectivity index (χ3n) is 3.78. The standard InChI is InChI=1S/C13H15N5O3S/c1-17(12-5-6-22(20,21)8-12)13(19)10-3-2-4-11(7-10)18-9-14-15-16-18/h2-4,7,9,12H,5-6,8H2,1H3/t12-/m0/s1. The zero-order chi connectivity index (χ0) is 15.7. The van der Waals surface area contributed by atoms with Gasteiger partial charge in [-0.1, -0.05) is 6.07 Å². The monoisotopic (exact) mass is 321 g/mol. The largest absolute Gasteiger partial charge is 0.338 e. The molecule has 8 nitrogen and oxygen atoms in total. The van der Waals surface area contributed by atoms with Gasteiger partial charge in [0, 0.05) is 18.7 Å². The number of amides is 1. The Hall–Kier alpha value is -2.29. The average Bonchev–Trinajstić information content (AvgIpc) is 3.15. The van der Waals surface area contributed by atoms with E-state index >= 15 is 0 Å². The highest BCUT2D eigenvalue weighted by atomic mass is 32.2. The van der Waals surface area contributed by atoms with Crippen molar-refractivity contribution < 1.29 is 13.2 Å². The number of sulfone groups is 1. The number of hydrogen-bond acceptors (Lipinski definition) is 6. The fourth-order valence-electron chi connectivity index (χ4n) is 2.51. The van der Waals surface area contributed by atoms with Gasteiger partial charge >= 0.3 is 0 Å². The molecule has 1 aromatic carbocycles. The minimum atomic E-state index is -3.02. The van der Waals surface area contributed by atoms with Crippen LogP contribution in [0, 0.1) is 0 Å². The van der Waals surface area contributed by atoms with Crippen molar-refractivity contribution in [3.8, 4) is 5.69 Å². The van der Waals surface area contributed by atoms with Gasteiger partial charge < -0.3 is 4.90 Å². The number of hydrogen-bond donors (Lipinski definition) is 0. The first kappa shape index (κ1) is 14.6. The summed E-state index contributed by atoms with van der Waals surface area (Å²) in [4.78, 5) is 14.0. The normalized spacial score (nSPS) is 20.0. The lowest BCUT2D eigenvalue weighted by Crippen LogP contribution is -2.37. The lowest BCUT2D eigenvalue weighted by molar-refractivity contribution is 0.0747. The van der Waals surface area contributed by atoms with E-state index in [0.717, 1.165) is 0 Å². The van der Waals surface area contributed by atoms with E-state index in [1.165, 1.54) is 15.9 Å². The zero-order valence-corrected chi connectivity index (χ0v) is 12.8. The fourth-order valence-corrected chi connectivity index (χ4v) is 4.29. The lowest BCUT2D eigenvalue weighted by atomic mass is 10.1. The lowest BCUT2D eigenvalue weighted by Gasteiger charge is -2.23. The van der Waals surface area contributed by atoms with Crippen molar-refractivity contribution in [2.75, 3.05) is 18.6 Å². The van der Waals surface area contributed by atoms with Gasteiger partial charge in [-0.2, -0.15) is 0 Å². The van der Waals surface area contributed by atoms with Crippen molar-refractivity contribution >= 4 is 15.7 Å². The molecule has 0 spiro atoms. The molecule has 1 atom stereocenters. The predicted octanol–water partition coefficient (Wildman–Crippen LogP) is -0.0786. The number of benzene rings is 1.